The first-order valence-electron chi connectivity index (χ1n) is 10.8. The van der Waals surface area contributed by atoms with E-state index in [1.165, 1.54) is 18.9 Å². The zero-order valence-corrected chi connectivity index (χ0v) is 18.0. The Bertz CT molecular complexity index is 1120. The maximum Gasteiger partial charge on any atom is 0.319 e. The van der Waals surface area contributed by atoms with Crippen molar-refractivity contribution < 1.29 is 9.18 Å². The number of carbonyl (C=O) groups is 1. The molecule has 7 heteroatoms. The number of halogens is 1. The highest BCUT2D eigenvalue weighted by Crippen LogP contribution is 2.32. The van der Waals surface area contributed by atoms with Gasteiger partial charge in [-0.2, -0.15) is 0 Å². The SMILES string of the molecule is Cc1cc(F)c(NC(=O)NC2CCCCCC2)cc1-c1cc2cnc(N)cc2nc1C. The molecule has 0 bridgehead atoms. The number of pyridine rings is 2. The number of hydrogen-bond donors (Lipinski definition) is 3. The van der Waals surface area contributed by atoms with Crippen LogP contribution in [0.1, 0.15) is 49.8 Å². The molecule has 1 aromatic carbocycles. The molecule has 3 aromatic rings. The summed E-state index contributed by atoms with van der Waals surface area (Å²) in [6.07, 6.45) is 8.25. The molecule has 0 radical (unpaired) electrons. The number of nitrogens with zero attached hydrogens (tertiary/aromatic N) is 2. The van der Waals surface area contributed by atoms with Gasteiger partial charge in [-0.05, 0) is 56.0 Å². The summed E-state index contributed by atoms with van der Waals surface area (Å²) in [5.74, 6) is -0.0469. The van der Waals surface area contributed by atoms with Gasteiger partial charge in [0.1, 0.15) is 11.6 Å². The number of hydrogen-bond acceptors (Lipinski definition) is 4. The lowest BCUT2D eigenvalue weighted by Gasteiger charge is -2.18. The van der Waals surface area contributed by atoms with Crippen LogP contribution in [0.15, 0.2) is 30.5 Å². The first kappa shape index (κ1) is 21.0. The summed E-state index contributed by atoms with van der Waals surface area (Å²) in [5.41, 5.74) is 9.92. The molecule has 1 aliphatic rings. The smallest absolute Gasteiger partial charge is 0.319 e. The second-order valence-corrected chi connectivity index (χ2v) is 8.36. The average molecular weight is 422 g/mol. The molecule has 6 nitrogen and oxygen atoms in total. The van der Waals surface area contributed by atoms with E-state index in [-0.39, 0.29) is 17.8 Å². The summed E-state index contributed by atoms with van der Waals surface area (Å²) in [7, 11) is 0. The molecular weight excluding hydrogens is 393 g/mol. The number of urea groups is 1. The number of aromatic nitrogens is 2. The first-order valence-corrected chi connectivity index (χ1v) is 10.8. The number of aryl methyl sites for hydroxylation is 2. The normalized spacial score (nSPS) is 14.9. The van der Waals surface area contributed by atoms with Crippen LogP contribution in [0.2, 0.25) is 0 Å². The van der Waals surface area contributed by atoms with Gasteiger partial charge in [-0.1, -0.05) is 25.7 Å². The summed E-state index contributed by atoms with van der Waals surface area (Å²) in [6, 6.07) is 6.60. The number of nitrogens with two attached hydrogens (primary N) is 1. The molecule has 0 aliphatic heterocycles. The summed E-state index contributed by atoms with van der Waals surface area (Å²) in [6.45, 7) is 3.75. The van der Waals surface area contributed by atoms with E-state index in [1.807, 2.05) is 19.9 Å². The minimum Gasteiger partial charge on any atom is -0.384 e. The number of carbonyl (C=O) groups excluding carboxylic acids is 1. The van der Waals surface area contributed by atoms with Gasteiger partial charge in [0.25, 0.3) is 0 Å². The Kier molecular flexibility index (Phi) is 6.02. The third-order valence-corrected chi connectivity index (χ3v) is 5.95. The topological polar surface area (TPSA) is 92.9 Å². The molecule has 2 amide bonds. The predicted molar refractivity (Wildman–Crippen MR) is 122 cm³/mol. The molecule has 0 saturated heterocycles. The van der Waals surface area contributed by atoms with E-state index < -0.39 is 5.82 Å². The Hall–Kier alpha value is -3.22. The van der Waals surface area contributed by atoms with Gasteiger partial charge in [-0.15, -0.1) is 0 Å². The van der Waals surface area contributed by atoms with Gasteiger partial charge in [-0.25, -0.2) is 14.2 Å². The fraction of sp³-hybridized carbons (Fsp3) is 0.375. The first-order chi connectivity index (χ1) is 14.9. The molecule has 31 heavy (non-hydrogen) atoms. The monoisotopic (exact) mass is 421 g/mol. The lowest BCUT2D eigenvalue weighted by atomic mass is 9.97. The second kappa shape index (κ2) is 8.88. The van der Waals surface area contributed by atoms with Crippen molar-refractivity contribution in [2.24, 2.45) is 0 Å². The highest BCUT2D eigenvalue weighted by molar-refractivity contribution is 5.92. The summed E-state index contributed by atoms with van der Waals surface area (Å²) in [4.78, 5) is 21.3. The molecule has 0 spiro atoms. The van der Waals surface area contributed by atoms with E-state index >= 15 is 0 Å². The van der Waals surface area contributed by atoms with Crippen LogP contribution in [-0.2, 0) is 0 Å². The highest BCUT2D eigenvalue weighted by Gasteiger charge is 2.17. The molecule has 162 valence electrons. The number of nitrogens with one attached hydrogen (secondary N) is 2. The Balaban J connectivity index is 1.62. The van der Waals surface area contributed by atoms with Crippen molar-refractivity contribution in [3.8, 4) is 11.1 Å². The molecule has 4 N–H and O–H groups in total. The van der Waals surface area contributed by atoms with Crippen molar-refractivity contribution in [3.05, 3.63) is 47.5 Å². The van der Waals surface area contributed by atoms with E-state index in [9.17, 15) is 9.18 Å². The van der Waals surface area contributed by atoms with E-state index in [0.717, 1.165) is 59.0 Å². The molecule has 0 unspecified atom stereocenters. The quantitative estimate of drug-likeness (QED) is 0.488. The van der Waals surface area contributed by atoms with Crippen molar-refractivity contribution in [1.82, 2.24) is 15.3 Å². The number of amides is 2. The van der Waals surface area contributed by atoms with Gasteiger partial charge in [0.15, 0.2) is 0 Å². The van der Waals surface area contributed by atoms with Crippen LogP contribution >= 0.6 is 0 Å². The molecule has 2 aromatic heterocycles. The number of nitrogen functional groups attached to an aromatic ring is 1. The third kappa shape index (κ3) is 4.76. The molecule has 4 rings (SSSR count). The van der Waals surface area contributed by atoms with Crippen LogP contribution in [-0.4, -0.2) is 22.0 Å². The standard InChI is InChI=1S/C24H28FN5O/c1-14-9-20(25)22(30-24(31)29-17-7-5-3-4-6-8-17)11-18(14)19-10-16-13-27-23(26)12-21(16)28-15(19)2/h9-13,17H,3-8H2,1-2H3,(H2,26,27)(H2,29,30,31). The Morgan fingerprint density at radius 2 is 1.81 bits per heavy atom. The lowest BCUT2D eigenvalue weighted by molar-refractivity contribution is 0.247. The van der Waals surface area contributed by atoms with Crippen LogP contribution in [0.25, 0.3) is 22.0 Å². The van der Waals surface area contributed by atoms with Gasteiger partial charge < -0.3 is 16.4 Å². The van der Waals surface area contributed by atoms with Crippen LogP contribution in [0.3, 0.4) is 0 Å². The van der Waals surface area contributed by atoms with Crippen molar-refractivity contribution in [2.75, 3.05) is 11.1 Å². The molecule has 1 fully saturated rings. The van der Waals surface area contributed by atoms with Gasteiger partial charge in [0.2, 0.25) is 0 Å². The van der Waals surface area contributed by atoms with Crippen molar-refractivity contribution >= 4 is 28.4 Å². The number of anilines is 2. The number of rotatable bonds is 3. The number of fused-ring (bicyclic) bond motifs is 1. The van der Waals surface area contributed by atoms with Gasteiger partial charge in [0.05, 0.1) is 11.2 Å². The minimum absolute atomic E-state index is 0.141. The van der Waals surface area contributed by atoms with Gasteiger partial charge in [0, 0.05) is 34.9 Å². The molecular formula is C24H28FN5O. The van der Waals surface area contributed by atoms with Gasteiger partial charge in [-0.3, -0.25) is 4.98 Å². The van der Waals surface area contributed by atoms with E-state index in [1.54, 1.807) is 18.3 Å². The van der Waals surface area contributed by atoms with Crippen molar-refractivity contribution in [2.45, 2.75) is 58.4 Å². The van der Waals surface area contributed by atoms with Crippen molar-refractivity contribution in [3.63, 3.8) is 0 Å². The molecule has 1 saturated carbocycles. The van der Waals surface area contributed by atoms with Gasteiger partial charge >= 0.3 is 6.03 Å². The fourth-order valence-electron chi connectivity index (χ4n) is 4.28. The van der Waals surface area contributed by atoms with Crippen molar-refractivity contribution in [1.29, 1.82) is 0 Å². The predicted octanol–water partition coefficient (Wildman–Crippen LogP) is 5.48. The maximum absolute atomic E-state index is 14.7. The Labute approximate surface area is 181 Å². The largest absolute Gasteiger partial charge is 0.384 e. The lowest BCUT2D eigenvalue weighted by Crippen LogP contribution is -2.37. The Morgan fingerprint density at radius 1 is 1.06 bits per heavy atom. The maximum atomic E-state index is 14.7. The Morgan fingerprint density at radius 3 is 2.55 bits per heavy atom. The highest BCUT2D eigenvalue weighted by atomic mass is 19.1. The third-order valence-electron chi connectivity index (χ3n) is 5.95. The number of benzene rings is 1. The van der Waals surface area contributed by atoms with Crippen LogP contribution in [0, 0.1) is 19.7 Å². The molecule has 2 heterocycles. The average Bonchev–Trinajstić information content (AvgIpc) is 2.98. The summed E-state index contributed by atoms with van der Waals surface area (Å²) >= 11 is 0. The minimum atomic E-state index is -0.460. The zero-order valence-electron chi connectivity index (χ0n) is 18.0. The molecule has 1 aliphatic carbocycles. The van der Waals surface area contributed by atoms with Crippen LogP contribution in [0.4, 0.5) is 20.7 Å². The van der Waals surface area contributed by atoms with E-state index in [4.69, 9.17) is 5.73 Å². The van der Waals surface area contributed by atoms with Crippen LogP contribution in [0.5, 0.6) is 0 Å². The molecule has 0 atom stereocenters. The summed E-state index contributed by atoms with van der Waals surface area (Å²) in [5, 5.41) is 6.55. The van der Waals surface area contributed by atoms with E-state index in [0.29, 0.717) is 5.82 Å². The fourth-order valence-corrected chi connectivity index (χ4v) is 4.28. The summed E-state index contributed by atoms with van der Waals surface area (Å²) < 4.78 is 14.7. The van der Waals surface area contributed by atoms with E-state index in [2.05, 4.69) is 20.6 Å². The zero-order chi connectivity index (χ0) is 22.0. The van der Waals surface area contributed by atoms with Crippen LogP contribution < -0.4 is 16.4 Å². The second-order valence-electron chi connectivity index (χ2n) is 8.36.